The van der Waals surface area contributed by atoms with E-state index in [9.17, 15) is 0 Å². The first kappa shape index (κ1) is 33.5. The molecule has 0 spiro atoms. The molecule has 0 saturated carbocycles. The first-order valence-corrected chi connectivity index (χ1v) is 15.4. The third-order valence-electron chi connectivity index (χ3n) is 5.61. The van der Waals surface area contributed by atoms with Crippen LogP contribution in [0.2, 0.25) is 6.55 Å². The van der Waals surface area contributed by atoms with Gasteiger partial charge in [0.25, 0.3) is 0 Å². The van der Waals surface area contributed by atoms with E-state index in [4.69, 9.17) is 13.3 Å². The van der Waals surface area contributed by atoms with Crippen LogP contribution in [-0.2, 0) is 13.3 Å². The van der Waals surface area contributed by atoms with Gasteiger partial charge in [-0.2, -0.15) is 0 Å². The first-order valence-electron chi connectivity index (χ1n) is 13.2. The van der Waals surface area contributed by atoms with Gasteiger partial charge in [-0.25, -0.2) is 0 Å². The van der Waals surface area contributed by atoms with Crippen LogP contribution in [0.5, 0.6) is 0 Å². The molecule has 35 heavy (non-hydrogen) atoms. The molecule has 0 atom stereocenters. The summed E-state index contributed by atoms with van der Waals surface area (Å²) in [5, 5.41) is 0. The fourth-order valence-electron chi connectivity index (χ4n) is 3.20. The van der Waals surface area contributed by atoms with Crippen molar-refractivity contribution < 1.29 is 13.3 Å². The SMILES string of the molecule is CC(C)=CCC/C(C)=C/CO[Si](C)(OC/C=C(\C)CCC=C(C)C)OC/C=C(\C)CCC=C(C)C. The van der Waals surface area contributed by atoms with E-state index in [-0.39, 0.29) is 0 Å². The van der Waals surface area contributed by atoms with Crippen LogP contribution in [0, 0.1) is 0 Å². The maximum absolute atomic E-state index is 6.24. The highest BCUT2D eigenvalue weighted by Crippen LogP contribution is 2.15. The summed E-state index contributed by atoms with van der Waals surface area (Å²) < 4.78 is 18.7. The van der Waals surface area contributed by atoms with Gasteiger partial charge in [0.15, 0.2) is 0 Å². The monoisotopic (exact) mass is 502 g/mol. The quantitative estimate of drug-likeness (QED) is 0.138. The largest absolute Gasteiger partial charge is 0.498 e. The van der Waals surface area contributed by atoms with Gasteiger partial charge < -0.3 is 13.3 Å². The van der Waals surface area contributed by atoms with E-state index in [1.165, 1.54) is 33.4 Å². The van der Waals surface area contributed by atoms with Crippen molar-refractivity contribution >= 4 is 8.80 Å². The van der Waals surface area contributed by atoms with Crippen molar-refractivity contribution in [2.45, 2.75) is 107 Å². The van der Waals surface area contributed by atoms with Gasteiger partial charge in [-0.05, 0) is 101 Å². The summed E-state index contributed by atoms with van der Waals surface area (Å²) in [7, 11) is -2.77. The standard InChI is InChI=1S/C31H54O3Si/c1-26(2)14-11-17-29(7)20-23-32-35(10,33-24-21-30(8)18-12-15-27(3)4)34-25-22-31(9)19-13-16-28(5)6/h14-16,20-22H,11-13,17-19,23-25H2,1-10H3/b29-20+,30-21+,31-22+. The summed E-state index contributed by atoms with van der Waals surface area (Å²) in [6.07, 6.45) is 19.7. The number of hydrogen-bond acceptors (Lipinski definition) is 3. The first-order chi connectivity index (χ1) is 16.4. The van der Waals surface area contributed by atoms with E-state index in [0.29, 0.717) is 19.8 Å². The fourth-order valence-corrected chi connectivity index (χ4v) is 4.61. The highest BCUT2D eigenvalue weighted by atomic mass is 28.4. The van der Waals surface area contributed by atoms with E-state index in [0.717, 1.165) is 38.5 Å². The van der Waals surface area contributed by atoms with Gasteiger partial charge in [0.05, 0.1) is 19.8 Å². The molecule has 0 rings (SSSR count). The predicted octanol–water partition coefficient (Wildman–Crippen LogP) is 9.68. The summed E-state index contributed by atoms with van der Waals surface area (Å²) in [5.74, 6) is 0. The summed E-state index contributed by atoms with van der Waals surface area (Å²) in [6.45, 7) is 22.9. The Bertz CT molecular complexity index is 666. The second kappa shape index (κ2) is 19.7. The van der Waals surface area contributed by atoms with Crippen molar-refractivity contribution in [1.82, 2.24) is 0 Å². The van der Waals surface area contributed by atoms with Crippen molar-refractivity contribution in [2.24, 2.45) is 0 Å². The predicted molar refractivity (Wildman–Crippen MR) is 157 cm³/mol. The van der Waals surface area contributed by atoms with Crippen LogP contribution in [0.4, 0.5) is 0 Å². The van der Waals surface area contributed by atoms with Gasteiger partial charge in [-0.3, -0.25) is 0 Å². The molecule has 0 aliphatic carbocycles. The molecule has 0 heterocycles. The molecule has 0 aromatic carbocycles. The molecule has 0 N–H and O–H groups in total. The van der Waals surface area contributed by atoms with Crippen LogP contribution >= 0.6 is 0 Å². The highest BCUT2D eigenvalue weighted by Gasteiger charge is 2.34. The Kier molecular flexibility index (Phi) is 18.9. The lowest BCUT2D eigenvalue weighted by molar-refractivity contribution is 0.0927. The lowest BCUT2D eigenvalue weighted by Gasteiger charge is -2.25. The van der Waals surface area contributed by atoms with E-state index in [2.05, 4.69) is 98.8 Å². The summed E-state index contributed by atoms with van der Waals surface area (Å²) >= 11 is 0. The Morgan fingerprint density at radius 1 is 0.457 bits per heavy atom. The zero-order valence-electron chi connectivity index (χ0n) is 24.6. The molecule has 3 nitrogen and oxygen atoms in total. The summed E-state index contributed by atoms with van der Waals surface area (Å²) in [5.41, 5.74) is 8.11. The number of allylic oxidation sites excluding steroid dienone is 9. The molecule has 0 aromatic rings. The zero-order valence-corrected chi connectivity index (χ0v) is 25.6. The van der Waals surface area contributed by atoms with Crippen molar-refractivity contribution in [2.75, 3.05) is 19.8 Å². The Morgan fingerprint density at radius 2 is 0.714 bits per heavy atom. The van der Waals surface area contributed by atoms with Gasteiger partial charge in [0.1, 0.15) is 0 Å². The van der Waals surface area contributed by atoms with Crippen LogP contribution in [0.25, 0.3) is 0 Å². The van der Waals surface area contributed by atoms with Gasteiger partial charge in [0, 0.05) is 6.55 Å². The van der Waals surface area contributed by atoms with Crippen molar-refractivity contribution in [3.8, 4) is 0 Å². The number of rotatable bonds is 18. The van der Waals surface area contributed by atoms with Gasteiger partial charge in [-0.1, -0.05) is 69.9 Å². The highest BCUT2D eigenvalue weighted by molar-refractivity contribution is 6.59. The van der Waals surface area contributed by atoms with E-state index < -0.39 is 8.80 Å². The topological polar surface area (TPSA) is 27.7 Å². The second-order valence-electron chi connectivity index (χ2n) is 10.4. The zero-order chi connectivity index (χ0) is 26.7. The molecule has 0 bridgehead atoms. The third-order valence-corrected chi connectivity index (χ3v) is 7.68. The van der Waals surface area contributed by atoms with Crippen molar-refractivity contribution in [1.29, 1.82) is 0 Å². The fraction of sp³-hybridized carbons (Fsp3) is 0.613. The Labute approximate surface area is 219 Å². The maximum atomic E-state index is 6.24. The molecule has 4 heteroatoms. The normalized spacial score (nSPS) is 13.0. The number of hydrogen-bond donors (Lipinski definition) is 0. The molecule has 0 aromatic heterocycles. The van der Waals surface area contributed by atoms with Crippen LogP contribution in [0.1, 0.15) is 101 Å². The molecular weight excluding hydrogens is 448 g/mol. The van der Waals surface area contributed by atoms with Crippen molar-refractivity contribution in [3.05, 3.63) is 69.9 Å². The smallest absolute Gasteiger partial charge is 0.370 e. The molecule has 0 aliphatic rings. The van der Waals surface area contributed by atoms with Gasteiger partial charge >= 0.3 is 8.80 Å². The van der Waals surface area contributed by atoms with Gasteiger partial charge in [-0.15, -0.1) is 0 Å². The second-order valence-corrected chi connectivity index (χ2v) is 13.0. The molecule has 0 saturated heterocycles. The minimum atomic E-state index is -2.77. The van der Waals surface area contributed by atoms with Crippen LogP contribution in [0.3, 0.4) is 0 Å². The molecule has 0 unspecified atom stereocenters. The Morgan fingerprint density at radius 3 is 0.943 bits per heavy atom. The Balaban J connectivity index is 5.00. The van der Waals surface area contributed by atoms with Gasteiger partial charge in [0.2, 0.25) is 0 Å². The lowest BCUT2D eigenvalue weighted by atomic mass is 10.1. The van der Waals surface area contributed by atoms with Crippen LogP contribution in [-0.4, -0.2) is 28.6 Å². The Hall–Kier alpha value is -1.46. The summed E-state index contributed by atoms with van der Waals surface area (Å²) in [6, 6.07) is 0. The average molecular weight is 503 g/mol. The van der Waals surface area contributed by atoms with Crippen molar-refractivity contribution in [3.63, 3.8) is 0 Å². The molecule has 0 radical (unpaired) electrons. The third kappa shape index (κ3) is 21.5. The molecule has 0 fully saturated rings. The molecular formula is C31H54O3Si. The minimum absolute atomic E-state index is 0.524. The summed E-state index contributed by atoms with van der Waals surface area (Å²) in [4.78, 5) is 0. The molecule has 0 aliphatic heterocycles. The van der Waals surface area contributed by atoms with Crippen LogP contribution in [0.15, 0.2) is 69.9 Å². The maximum Gasteiger partial charge on any atom is 0.498 e. The van der Waals surface area contributed by atoms with E-state index in [1.807, 2.05) is 6.55 Å². The average Bonchev–Trinajstić information content (AvgIpc) is 2.73. The minimum Gasteiger partial charge on any atom is -0.370 e. The lowest BCUT2D eigenvalue weighted by Crippen LogP contribution is -2.43. The molecule has 200 valence electrons. The van der Waals surface area contributed by atoms with Crippen LogP contribution < -0.4 is 0 Å². The molecule has 0 amide bonds. The van der Waals surface area contributed by atoms with E-state index >= 15 is 0 Å². The van der Waals surface area contributed by atoms with E-state index in [1.54, 1.807) is 0 Å².